The number of amides is 1. The molecule has 2 aromatic carbocycles. The third-order valence-corrected chi connectivity index (χ3v) is 3.35. The summed E-state index contributed by atoms with van der Waals surface area (Å²) < 4.78 is 13.0. The number of aryl methyl sites for hydroxylation is 1. The van der Waals surface area contributed by atoms with Gasteiger partial charge in [0.1, 0.15) is 5.82 Å². The highest BCUT2D eigenvalue weighted by Gasteiger charge is 2.06. The molecule has 2 aromatic rings. The van der Waals surface area contributed by atoms with E-state index in [9.17, 15) is 9.18 Å². The molecule has 0 unspecified atom stereocenters. The summed E-state index contributed by atoms with van der Waals surface area (Å²) in [5.74, 6) is -0.780. The van der Waals surface area contributed by atoms with Gasteiger partial charge >= 0.3 is 0 Å². The van der Waals surface area contributed by atoms with Gasteiger partial charge in [0.15, 0.2) is 0 Å². The number of anilines is 1. The molecule has 0 heterocycles. The lowest BCUT2D eigenvalue weighted by molar-refractivity contribution is 0.100. The number of halogens is 2. The van der Waals surface area contributed by atoms with E-state index in [0.717, 1.165) is 16.8 Å². The van der Waals surface area contributed by atoms with Crippen molar-refractivity contribution in [3.8, 4) is 0 Å². The molecule has 1 amide bonds. The van der Waals surface area contributed by atoms with Crippen LogP contribution in [-0.4, -0.2) is 5.91 Å². The molecule has 104 valence electrons. The van der Waals surface area contributed by atoms with Crippen molar-refractivity contribution in [2.45, 2.75) is 13.5 Å². The molecule has 0 bridgehead atoms. The van der Waals surface area contributed by atoms with Gasteiger partial charge in [0, 0.05) is 22.8 Å². The first-order chi connectivity index (χ1) is 9.47. The van der Waals surface area contributed by atoms with Crippen LogP contribution in [-0.2, 0) is 6.54 Å². The van der Waals surface area contributed by atoms with Crippen LogP contribution in [0.15, 0.2) is 36.4 Å². The van der Waals surface area contributed by atoms with Crippen LogP contribution < -0.4 is 11.1 Å². The van der Waals surface area contributed by atoms with E-state index in [2.05, 4.69) is 5.32 Å². The Hall–Kier alpha value is -2.07. The van der Waals surface area contributed by atoms with Crippen molar-refractivity contribution in [1.29, 1.82) is 0 Å². The molecule has 5 heteroatoms. The first-order valence-corrected chi connectivity index (χ1v) is 6.43. The van der Waals surface area contributed by atoms with E-state index < -0.39 is 5.91 Å². The third kappa shape index (κ3) is 3.27. The van der Waals surface area contributed by atoms with E-state index in [1.807, 2.05) is 6.92 Å². The van der Waals surface area contributed by atoms with Gasteiger partial charge in [-0.3, -0.25) is 4.79 Å². The van der Waals surface area contributed by atoms with Gasteiger partial charge in [-0.2, -0.15) is 0 Å². The molecule has 0 aromatic heterocycles. The normalized spacial score (nSPS) is 10.3. The predicted molar refractivity (Wildman–Crippen MR) is 78.4 cm³/mol. The SMILES string of the molecule is Cc1cc(F)ccc1NCc1ccc(C(N)=O)cc1Cl. The summed E-state index contributed by atoms with van der Waals surface area (Å²) in [5, 5.41) is 3.64. The fourth-order valence-electron chi connectivity index (χ4n) is 1.86. The smallest absolute Gasteiger partial charge is 0.248 e. The fourth-order valence-corrected chi connectivity index (χ4v) is 2.11. The Labute approximate surface area is 121 Å². The first kappa shape index (κ1) is 14.3. The molecule has 0 saturated carbocycles. The minimum absolute atomic E-state index is 0.267. The highest BCUT2D eigenvalue weighted by molar-refractivity contribution is 6.31. The van der Waals surface area contributed by atoms with Crippen molar-refractivity contribution in [2.24, 2.45) is 5.73 Å². The maximum Gasteiger partial charge on any atom is 0.248 e. The average molecular weight is 293 g/mol. The zero-order valence-electron chi connectivity index (χ0n) is 10.9. The number of benzene rings is 2. The summed E-state index contributed by atoms with van der Waals surface area (Å²) in [6.45, 7) is 2.30. The largest absolute Gasteiger partial charge is 0.381 e. The highest BCUT2D eigenvalue weighted by atomic mass is 35.5. The minimum Gasteiger partial charge on any atom is -0.381 e. The number of carbonyl (C=O) groups excluding carboxylic acids is 1. The standard InChI is InChI=1S/C15H14ClFN2O/c1-9-6-12(17)4-5-14(9)19-8-11-3-2-10(15(18)20)7-13(11)16/h2-7,19H,8H2,1H3,(H2,18,20). The van der Waals surface area contributed by atoms with Crippen LogP contribution in [0.25, 0.3) is 0 Å². The molecule has 0 spiro atoms. The molecule has 0 saturated heterocycles. The zero-order chi connectivity index (χ0) is 14.7. The molecule has 0 radical (unpaired) electrons. The highest BCUT2D eigenvalue weighted by Crippen LogP contribution is 2.21. The fraction of sp³-hybridized carbons (Fsp3) is 0.133. The van der Waals surface area contributed by atoms with Crippen LogP contribution in [0.4, 0.5) is 10.1 Å². The number of carbonyl (C=O) groups is 1. The van der Waals surface area contributed by atoms with Gasteiger partial charge in [0.2, 0.25) is 5.91 Å². The maximum atomic E-state index is 13.0. The Morgan fingerprint density at radius 2 is 2.05 bits per heavy atom. The summed E-state index contributed by atoms with van der Waals surface area (Å²) in [6.07, 6.45) is 0. The van der Waals surface area contributed by atoms with Crippen molar-refractivity contribution in [3.63, 3.8) is 0 Å². The molecule has 0 aliphatic heterocycles. The topological polar surface area (TPSA) is 55.1 Å². The molecule has 2 rings (SSSR count). The van der Waals surface area contributed by atoms with Gasteiger partial charge in [-0.25, -0.2) is 4.39 Å². The van der Waals surface area contributed by atoms with Crippen LogP contribution in [0, 0.1) is 12.7 Å². The van der Waals surface area contributed by atoms with Gasteiger partial charge in [-0.1, -0.05) is 17.7 Å². The quantitative estimate of drug-likeness (QED) is 0.906. The van der Waals surface area contributed by atoms with E-state index in [-0.39, 0.29) is 5.82 Å². The molecule has 0 fully saturated rings. The Balaban J connectivity index is 2.13. The van der Waals surface area contributed by atoms with Crippen LogP contribution in [0.5, 0.6) is 0 Å². The van der Waals surface area contributed by atoms with Crippen LogP contribution in [0.2, 0.25) is 5.02 Å². The second kappa shape index (κ2) is 5.92. The molecule has 0 atom stereocenters. The number of rotatable bonds is 4. The van der Waals surface area contributed by atoms with Crippen LogP contribution in [0.1, 0.15) is 21.5 Å². The molecule has 0 aliphatic carbocycles. The lowest BCUT2D eigenvalue weighted by Crippen LogP contribution is -2.11. The van der Waals surface area contributed by atoms with Crippen molar-refractivity contribution >= 4 is 23.2 Å². The molecule has 3 N–H and O–H groups in total. The number of nitrogens with one attached hydrogen (secondary N) is 1. The number of hydrogen-bond donors (Lipinski definition) is 2. The van der Waals surface area contributed by atoms with Crippen molar-refractivity contribution in [1.82, 2.24) is 0 Å². The predicted octanol–water partition coefficient (Wildman–Crippen LogP) is 3.50. The van der Waals surface area contributed by atoms with E-state index in [4.69, 9.17) is 17.3 Å². The Bertz CT molecular complexity index is 658. The van der Waals surface area contributed by atoms with Crippen molar-refractivity contribution in [2.75, 3.05) is 5.32 Å². The van der Waals surface area contributed by atoms with E-state index in [0.29, 0.717) is 17.1 Å². The molecule has 0 aliphatic rings. The number of hydrogen-bond acceptors (Lipinski definition) is 2. The average Bonchev–Trinajstić information content (AvgIpc) is 2.38. The maximum absolute atomic E-state index is 13.0. The minimum atomic E-state index is -0.513. The van der Waals surface area contributed by atoms with Crippen molar-refractivity contribution < 1.29 is 9.18 Å². The summed E-state index contributed by atoms with van der Waals surface area (Å²) in [5.41, 5.74) is 8.04. The lowest BCUT2D eigenvalue weighted by Gasteiger charge is -2.11. The number of primary amides is 1. The van der Waals surface area contributed by atoms with E-state index in [1.54, 1.807) is 24.3 Å². The zero-order valence-corrected chi connectivity index (χ0v) is 11.7. The molecular formula is C15H14ClFN2O. The monoisotopic (exact) mass is 292 g/mol. The summed E-state index contributed by atoms with van der Waals surface area (Å²) >= 11 is 6.10. The molecule has 3 nitrogen and oxygen atoms in total. The first-order valence-electron chi connectivity index (χ1n) is 6.05. The lowest BCUT2D eigenvalue weighted by atomic mass is 10.1. The molecule has 20 heavy (non-hydrogen) atoms. The molecular weight excluding hydrogens is 279 g/mol. The Morgan fingerprint density at radius 3 is 2.65 bits per heavy atom. The van der Waals surface area contributed by atoms with Gasteiger partial charge in [0.25, 0.3) is 0 Å². The van der Waals surface area contributed by atoms with Gasteiger partial charge in [-0.15, -0.1) is 0 Å². The summed E-state index contributed by atoms with van der Waals surface area (Å²) in [7, 11) is 0. The Kier molecular flexibility index (Phi) is 4.25. The second-order valence-corrected chi connectivity index (χ2v) is 4.89. The third-order valence-electron chi connectivity index (χ3n) is 3.00. The van der Waals surface area contributed by atoms with Crippen molar-refractivity contribution in [3.05, 3.63) is 63.9 Å². The number of nitrogens with two attached hydrogens (primary N) is 1. The van der Waals surface area contributed by atoms with Crippen LogP contribution >= 0.6 is 11.6 Å². The van der Waals surface area contributed by atoms with Gasteiger partial charge in [-0.05, 0) is 48.4 Å². The van der Waals surface area contributed by atoms with E-state index in [1.165, 1.54) is 12.1 Å². The second-order valence-electron chi connectivity index (χ2n) is 4.48. The van der Waals surface area contributed by atoms with Gasteiger partial charge in [0.05, 0.1) is 0 Å². The Morgan fingerprint density at radius 1 is 1.30 bits per heavy atom. The van der Waals surface area contributed by atoms with Crippen LogP contribution in [0.3, 0.4) is 0 Å². The summed E-state index contributed by atoms with van der Waals surface area (Å²) in [4.78, 5) is 11.0. The van der Waals surface area contributed by atoms with Gasteiger partial charge < -0.3 is 11.1 Å². The summed E-state index contributed by atoms with van der Waals surface area (Å²) in [6, 6.07) is 9.44. The van der Waals surface area contributed by atoms with E-state index >= 15 is 0 Å².